The highest BCUT2D eigenvalue weighted by molar-refractivity contribution is 6.17. The minimum absolute atomic E-state index is 0.787. The Morgan fingerprint density at radius 2 is 1.62 bits per heavy atom. The molecule has 0 spiro atoms. The zero-order chi connectivity index (χ0) is 11.2. The molecule has 0 saturated heterocycles. The molecule has 2 aromatic rings. The van der Waals surface area contributed by atoms with Gasteiger partial charge in [-0.15, -0.1) is 11.6 Å². The number of rotatable bonds is 5. The molecule has 0 fully saturated rings. The Bertz CT molecular complexity index is 443. The number of halogens is 1. The van der Waals surface area contributed by atoms with Gasteiger partial charge in [-0.1, -0.05) is 48.9 Å². The second-order valence-corrected chi connectivity index (χ2v) is 4.52. The number of unbranched alkanes of at least 4 members (excludes halogenated alkanes) is 2. The van der Waals surface area contributed by atoms with Crippen molar-refractivity contribution in [1.82, 2.24) is 0 Å². The summed E-state index contributed by atoms with van der Waals surface area (Å²) >= 11 is 5.68. The van der Waals surface area contributed by atoms with Crippen molar-refractivity contribution in [3.8, 4) is 0 Å². The number of hydrogen-bond acceptors (Lipinski definition) is 0. The van der Waals surface area contributed by atoms with Crippen LogP contribution in [-0.2, 0) is 6.42 Å². The number of fused-ring (bicyclic) bond motifs is 1. The molecule has 0 atom stereocenters. The number of benzene rings is 2. The van der Waals surface area contributed by atoms with Crippen LogP contribution in [0.15, 0.2) is 42.5 Å². The summed E-state index contributed by atoms with van der Waals surface area (Å²) in [5.74, 6) is 0.787. The van der Waals surface area contributed by atoms with E-state index >= 15 is 0 Å². The Morgan fingerprint density at radius 3 is 2.50 bits per heavy atom. The molecular weight excluding hydrogens is 216 g/mol. The third kappa shape index (κ3) is 2.76. The third-order valence-corrected chi connectivity index (χ3v) is 3.23. The van der Waals surface area contributed by atoms with E-state index in [0.717, 1.165) is 18.7 Å². The van der Waals surface area contributed by atoms with Crippen LogP contribution in [0.1, 0.15) is 24.8 Å². The van der Waals surface area contributed by atoms with E-state index in [4.69, 9.17) is 11.6 Å². The van der Waals surface area contributed by atoms with Gasteiger partial charge in [0, 0.05) is 5.88 Å². The molecule has 0 nitrogen and oxygen atoms in total. The van der Waals surface area contributed by atoms with E-state index in [1.165, 1.54) is 29.2 Å². The fraction of sp³-hybridized carbons (Fsp3) is 0.333. The highest BCUT2D eigenvalue weighted by atomic mass is 35.5. The molecule has 0 radical (unpaired) electrons. The summed E-state index contributed by atoms with van der Waals surface area (Å²) in [6.07, 6.45) is 4.76. The van der Waals surface area contributed by atoms with E-state index in [2.05, 4.69) is 42.5 Å². The Hall–Kier alpha value is -1.01. The molecule has 0 aliphatic rings. The minimum atomic E-state index is 0.787. The molecule has 16 heavy (non-hydrogen) atoms. The molecule has 0 bridgehead atoms. The smallest absolute Gasteiger partial charge is 0.0223 e. The van der Waals surface area contributed by atoms with Gasteiger partial charge in [-0.3, -0.25) is 0 Å². The Labute approximate surface area is 102 Å². The van der Waals surface area contributed by atoms with Gasteiger partial charge in [0.15, 0.2) is 0 Å². The lowest BCUT2D eigenvalue weighted by Gasteiger charge is -2.05. The molecule has 2 rings (SSSR count). The Balaban J connectivity index is 2.11. The predicted octanol–water partition coefficient (Wildman–Crippen LogP) is 4.79. The van der Waals surface area contributed by atoms with Crippen molar-refractivity contribution in [1.29, 1.82) is 0 Å². The first-order valence-electron chi connectivity index (χ1n) is 5.94. The van der Waals surface area contributed by atoms with Gasteiger partial charge in [-0.25, -0.2) is 0 Å². The molecule has 0 unspecified atom stereocenters. The van der Waals surface area contributed by atoms with Crippen molar-refractivity contribution in [2.24, 2.45) is 0 Å². The van der Waals surface area contributed by atoms with Crippen molar-refractivity contribution < 1.29 is 0 Å². The van der Waals surface area contributed by atoms with Crippen LogP contribution in [0.5, 0.6) is 0 Å². The molecule has 0 amide bonds. The second-order valence-electron chi connectivity index (χ2n) is 4.14. The monoisotopic (exact) mass is 232 g/mol. The molecule has 0 heterocycles. The van der Waals surface area contributed by atoms with Crippen LogP contribution in [0.2, 0.25) is 0 Å². The Kier molecular flexibility index (Phi) is 4.24. The molecule has 1 heteroatoms. The Morgan fingerprint density at radius 1 is 0.812 bits per heavy atom. The fourth-order valence-electron chi connectivity index (χ4n) is 2.10. The lowest BCUT2D eigenvalue weighted by atomic mass is 10.00. The minimum Gasteiger partial charge on any atom is -0.127 e. The van der Waals surface area contributed by atoms with Gasteiger partial charge in [-0.05, 0) is 35.6 Å². The maximum Gasteiger partial charge on any atom is 0.0223 e. The fourth-order valence-corrected chi connectivity index (χ4v) is 2.29. The molecular formula is C15H17Cl. The third-order valence-electron chi connectivity index (χ3n) is 2.96. The normalized spacial score (nSPS) is 10.8. The second kappa shape index (κ2) is 5.91. The first kappa shape index (κ1) is 11.5. The first-order valence-corrected chi connectivity index (χ1v) is 6.48. The average Bonchev–Trinajstić information content (AvgIpc) is 2.35. The standard InChI is InChI=1S/C15H17Cl/c16-12-5-1-2-7-13-9-6-10-14-8-3-4-11-15(13)14/h3-4,6,8-11H,1-2,5,7,12H2. The SMILES string of the molecule is ClCCCCCc1cccc2ccccc12. The van der Waals surface area contributed by atoms with Crippen LogP contribution in [-0.4, -0.2) is 5.88 Å². The molecule has 0 aromatic heterocycles. The van der Waals surface area contributed by atoms with Crippen LogP contribution in [0.25, 0.3) is 10.8 Å². The van der Waals surface area contributed by atoms with Crippen molar-refractivity contribution in [3.05, 3.63) is 48.0 Å². The largest absolute Gasteiger partial charge is 0.127 e. The summed E-state index contributed by atoms with van der Waals surface area (Å²) in [5, 5.41) is 2.74. The molecule has 0 aliphatic heterocycles. The first-order chi connectivity index (χ1) is 7.92. The van der Waals surface area contributed by atoms with Crippen molar-refractivity contribution in [3.63, 3.8) is 0 Å². The highest BCUT2D eigenvalue weighted by Gasteiger charge is 1.99. The maximum absolute atomic E-state index is 5.68. The molecule has 0 N–H and O–H groups in total. The molecule has 2 aromatic carbocycles. The molecule has 84 valence electrons. The van der Waals surface area contributed by atoms with E-state index in [1.807, 2.05) is 0 Å². The van der Waals surface area contributed by atoms with Crippen LogP contribution in [0.3, 0.4) is 0 Å². The van der Waals surface area contributed by atoms with Gasteiger partial charge >= 0.3 is 0 Å². The van der Waals surface area contributed by atoms with E-state index < -0.39 is 0 Å². The number of hydrogen-bond donors (Lipinski definition) is 0. The zero-order valence-corrected chi connectivity index (χ0v) is 10.2. The summed E-state index contributed by atoms with van der Waals surface area (Å²) in [6.45, 7) is 0. The van der Waals surface area contributed by atoms with Crippen LogP contribution >= 0.6 is 11.6 Å². The lowest BCUT2D eigenvalue weighted by molar-refractivity contribution is 0.723. The topological polar surface area (TPSA) is 0 Å². The van der Waals surface area contributed by atoms with Gasteiger partial charge in [0.25, 0.3) is 0 Å². The maximum atomic E-state index is 5.68. The van der Waals surface area contributed by atoms with Gasteiger partial charge in [0.05, 0.1) is 0 Å². The van der Waals surface area contributed by atoms with Crippen LogP contribution < -0.4 is 0 Å². The molecule has 0 aliphatic carbocycles. The van der Waals surface area contributed by atoms with Crippen molar-refractivity contribution >= 4 is 22.4 Å². The lowest BCUT2D eigenvalue weighted by Crippen LogP contribution is -1.88. The highest BCUT2D eigenvalue weighted by Crippen LogP contribution is 2.20. The van der Waals surface area contributed by atoms with Crippen molar-refractivity contribution in [2.75, 3.05) is 5.88 Å². The summed E-state index contributed by atoms with van der Waals surface area (Å²) in [4.78, 5) is 0. The molecule has 0 saturated carbocycles. The van der Waals surface area contributed by atoms with E-state index in [0.29, 0.717) is 0 Å². The average molecular weight is 233 g/mol. The van der Waals surface area contributed by atoms with E-state index in [-0.39, 0.29) is 0 Å². The van der Waals surface area contributed by atoms with Gasteiger partial charge in [-0.2, -0.15) is 0 Å². The van der Waals surface area contributed by atoms with Gasteiger partial charge in [0.2, 0.25) is 0 Å². The summed E-state index contributed by atoms with van der Waals surface area (Å²) < 4.78 is 0. The quantitative estimate of drug-likeness (QED) is 0.514. The van der Waals surface area contributed by atoms with Crippen LogP contribution in [0.4, 0.5) is 0 Å². The summed E-state index contributed by atoms with van der Waals surface area (Å²) in [6, 6.07) is 15.2. The predicted molar refractivity (Wildman–Crippen MR) is 72.2 cm³/mol. The van der Waals surface area contributed by atoms with E-state index in [9.17, 15) is 0 Å². The van der Waals surface area contributed by atoms with Gasteiger partial charge < -0.3 is 0 Å². The number of aryl methyl sites for hydroxylation is 1. The van der Waals surface area contributed by atoms with E-state index in [1.54, 1.807) is 0 Å². The zero-order valence-electron chi connectivity index (χ0n) is 9.45. The number of alkyl halides is 1. The van der Waals surface area contributed by atoms with Crippen molar-refractivity contribution in [2.45, 2.75) is 25.7 Å². The van der Waals surface area contributed by atoms with Crippen LogP contribution in [0, 0.1) is 0 Å². The summed E-state index contributed by atoms with van der Waals surface area (Å²) in [7, 11) is 0. The van der Waals surface area contributed by atoms with Gasteiger partial charge in [0.1, 0.15) is 0 Å². The summed E-state index contributed by atoms with van der Waals surface area (Å²) in [5.41, 5.74) is 1.47.